The molecule has 0 radical (unpaired) electrons. The first kappa shape index (κ1) is 12.7. The first-order valence-corrected chi connectivity index (χ1v) is 6.55. The Morgan fingerprint density at radius 2 is 1.82 bits per heavy atom. The van der Waals surface area contributed by atoms with E-state index in [-0.39, 0.29) is 5.82 Å². The average molecular weight is 360 g/mol. The van der Waals surface area contributed by atoms with Crippen LogP contribution in [0.2, 0.25) is 0 Å². The molecule has 17 heavy (non-hydrogen) atoms. The van der Waals surface area contributed by atoms with E-state index < -0.39 is 6.10 Å². The van der Waals surface area contributed by atoms with Crippen LogP contribution in [0.5, 0.6) is 0 Å². The molecule has 2 rings (SSSR count). The van der Waals surface area contributed by atoms with Crippen LogP contribution in [0.25, 0.3) is 0 Å². The molecular weight excluding hydrogens is 351 g/mol. The van der Waals surface area contributed by atoms with Crippen molar-refractivity contribution in [2.75, 3.05) is 0 Å². The summed E-state index contributed by atoms with van der Waals surface area (Å²) >= 11 is 6.72. The van der Waals surface area contributed by atoms with Gasteiger partial charge in [0.1, 0.15) is 11.9 Å². The van der Waals surface area contributed by atoms with Gasteiger partial charge >= 0.3 is 0 Å². The second-order valence-corrected chi connectivity index (χ2v) is 5.39. The predicted molar refractivity (Wildman–Crippen MR) is 72.3 cm³/mol. The first-order valence-electron chi connectivity index (χ1n) is 4.96. The van der Waals surface area contributed by atoms with Gasteiger partial charge in [0.05, 0.1) is 0 Å². The smallest absolute Gasteiger partial charge is 0.123 e. The lowest BCUT2D eigenvalue weighted by Gasteiger charge is -2.13. The zero-order valence-corrected chi connectivity index (χ0v) is 11.9. The highest BCUT2D eigenvalue weighted by atomic mass is 79.9. The second kappa shape index (κ2) is 5.29. The predicted octanol–water partition coefficient (Wildman–Crippen LogP) is 4.43. The van der Waals surface area contributed by atoms with Gasteiger partial charge in [0.15, 0.2) is 0 Å². The van der Waals surface area contributed by atoms with Gasteiger partial charge in [-0.05, 0) is 35.4 Å². The molecule has 0 amide bonds. The van der Waals surface area contributed by atoms with Gasteiger partial charge in [0.2, 0.25) is 0 Å². The van der Waals surface area contributed by atoms with E-state index in [1.54, 1.807) is 18.2 Å². The van der Waals surface area contributed by atoms with E-state index in [1.165, 1.54) is 12.1 Å². The van der Waals surface area contributed by atoms with Crippen molar-refractivity contribution in [1.82, 2.24) is 0 Å². The van der Waals surface area contributed by atoms with Gasteiger partial charge in [0, 0.05) is 8.95 Å². The van der Waals surface area contributed by atoms with Crippen LogP contribution in [0.15, 0.2) is 51.4 Å². The molecular formula is C13H9Br2FO. The third-order valence-corrected chi connectivity index (χ3v) is 3.60. The second-order valence-electron chi connectivity index (χ2n) is 3.62. The molecule has 2 aromatic carbocycles. The van der Waals surface area contributed by atoms with E-state index in [2.05, 4.69) is 31.9 Å². The number of hydrogen-bond acceptors (Lipinski definition) is 1. The van der Waals surface area contributed by atoms with Gasteiger partial charge in [-0.1, -0.05) is 50.1 Å². The van der Waals surface area contributed by atoms with Crippen LogP contribution in [-0.4, -0.2) is 5.11 Å². The van der Waals surface area contributed by atoms with E-state index in [9.17, 15) is 9.50 Å². The quantitative estimate of drug-likeness (QED) is 0.840. The van der Waals surface area contributed by atoms with E-state index in [1.807, 2.05) is 12.1 Å². The maximum absolute atomic E-state index is 13.1. The summed E-state index contributed by atoms with van der Waals surface area (Å²) in [4.78, 5) is 0. The minimum absolute atomic E-state index is 0.352. The summed E-state index contributed by atoms with van der Waals surface area (Å²) in [5, 5.41) is 10.2. The minimum Gasteiger partial charge on any atom is -0.384 e. The summed E-state index contributed by atoms with van der Waals surface area (Å²) < 4.78 is 14.8. The van der Waals surface area contributed by atoms with Crippen molar-refractivity contribution in [2.45, 2.75) is 6.10 Å². The largest absolute Gasteiger partial charge is 0.384 e. The molecule has 1 atom stereocenters. The fourth-order valence-electron chi connectivity index (χ4n) is 1.58. The summed E-state index contributed by atoms with van der Waals surface area (Å²) in [6.07, 6.45) is -0.840. The molecule has 1 nitrogen and oxygen atoms in total. The molecule has 0 aromatic heterocycles. The molecule has 0 aliphatic rings. The zero-order valence-electron chi connectivity index (χ0n) is 8.70. The highest BCUT2D eigenvalue weighted by molar-refractivity contribution is 9.11. The van der Waals surface area contributed by atoms with Crippen molar-refractivity contribution in [2.24, 2.45) is 0 Å². The van der Waals surface area contributed by atoms with Gasteiger partial charge in [-0.3, -0.25) is 0 Å². The summed E-state index contributed by atoms with van der Waals surface area (Å²) in [7, 11) is 0. The van der Waals surface area contributed by atoms with Crippen molar-refractivity contribution < 1.29 is 9.50 Å². The molecule has 0 aliphatic heterocycles. The molecule has 2 aromatic rings. The Hall–Kier alpha value is -0.710. The third-order valence-electron chi connectivity index (χ3n) is 2.42. The number of halogens is 3. The van der Waals surface area contributed by atoms with E-state index in [0.717, 1.165) is 8.95 Å². The molecule has 0 saturated carbocycles. The SMILES string of the molecule is OC(c1cccc(F)c1)c1ccc(Br)cc1Br. The van der Waals surface area contributed by atoms with Gasteiger partial charge in [-0.15, -0.1) is 0 Å². The molecule has 88 valence electrons. The van der Waals surface area contributed by atoms with Crippen LogP contribution in [0, 0.1) is 5.82 Å². The molecule has 1 unspecified atom stereocenters. The third kappa shape index (κ3) is 2.94. The van der Waals surface area contributed by atoms with Crippen molar-refractivity contribution in [3.8, 4) is 0 Å². The summed E-state index contributed by atoms with van der Waals surface area (Å²) in [5.41, 5.74) is 1.24. The van der Waals surface area contributed by atoms with Crippen LogP contribution in [0.4, 0.5) is 4.39 Å². The molecule has 0 fully saturated rings. The first-order chi connectivity index (χ1) is 8.08. The Balaban J connectivity index is 2.40. The zero-order chi connectivity index (χ0) is 12.4. The van der Waals surface area contributed by atoms with E-state index in [4.69, 9.17) is 0 Å². The monoisotopic (exact) mass is 358 g/mol. The van der Waals surface area contributed by atoms with Gasteiger partial charge < -0.3 is 5.11 Å². The van der Waals surface area contributed by atoms with Crippen LogP contribution in [0.1, 0.15) is 17.2 Å². The fraction of sp³-hybridized carbons (Fsp3) is 0.0769. The Kier molecular flexibility index (Phi) is 3.97. The van der Waals surface area contributed by atoms with Crippen molar-refractivity contribution >= 4 is 31.9 Å². The molecule has 0 aliphatic carbocycles. The average Bonchev–Trinajstić information content (AvgIpc) is 2.28. The Morgan fingerprint density at radius 1 is 1.06 bits per heavy atom. The van der Waals surface area contributed by atoms with Gasteiger partial charge in [-0.2, -0.15) is 0 Å². The molecule has 0 saturated heterocycles. The lowest BCUT2D eigenvalue weighted by Crippen LogP contribution is -2.01. The van der Waals surface area contributed by atoms with E-state index in [0.29, 0.717) is 11.1 Å². The molecule has 0 bridgehead atoms. The molecule has 0 spiro atoms. The lowest BCUT2D eigenvalue weighted by atomic mass is 10.0. The molecule has 0 heterocycles. The Bertz CT molecular complexity index is 543. The number of aliphatic hydroxyl groups is 1. The number of hydrogen-bond donors (Lipinski definition) is 1. The molecule has 4 heteroatoms. The van der Waals surface area contributed by atoms with Gasteiger partial charge in [-0.25, -0.2) is 4.39 Å². The fourth-order valence-corrected chi connectivity index (χ4v) is 2.84. The standard InChI is InChI=1S/C13H9Br2FO/c14-9-4-5-11(12(15)7-9)13(17)8-2-1-3-10(16)6-8/h1-7,13,17H. The minimum atomic E-state index is -0.840. The van der Waals surface area contributed by atoms with Crippen molar-refractivity contribution in [1.29, 1.82) is 0 Å². The Labute approximate surface area is 116 Å². The highest BCUT2D eigenvalue weighted by Gasteiger charge is 2.14. The van der Waals surface area contributed by atoms with Crippen molar-refractivity contribution in [3.63, 3.8) is 0 Å². The Morgan fingerprint density at radius 3 is 2.47 bits per heavy atom. The summed E-state index contributed by atoms with van der Waals surface area (Å²) in [6, 6.07) is 11.4. The number of benzene rings is 2. The van der Waals surface area contributed by atoms with E-state index >= 15 is 0 Å². The highest BCUT2D eigenvalue weighted by Crippen LogP contribution is 2.30. The maximum atomic E-state index is 13.1. The number of rotatable bonds is 2. The summed E-state index contributed by atoms with van der Waals surface area (Å²) in [6.45, 7) is 0. The number of aliphatic hydroxyl groups excluding tert-OH is 1. The lowest BCUT2D eigenvalue weighted by molar-refractivity contribution is 0.219. The summed E-state index contributed by atoms with van der Waals surface area (Å²) in [5.74, 6) is -0.352. The maximum Gasteiger partial charge on any atom is 0.123 e. The van der Waals surface area contributed by atoms with Crippen molar-refractivity contribution in [3.05, 3.63) is 68.4 Å². The van der Waals surface area contributed by atoms with Crippen LogP contribution in [-0.2, 0) is 0 Å². The van der Waals surface area contributed by atoms with Crippen LogP contribution < -0.4 is 0 Å². The van der Waals surface area contributed by atoms with Crippen LogP contribution >= 0.6 is 31.9 Å². The van der Waals surface area contributed by atoms with Crippen LogP contribution in [0.3, 0.4) is 0 Å². The molecule has 1 N–H and O–H groups in total. The van der Waals surface area contributed by atoms with Gasteiger partial charge in [0.25, 0.3) is 0 Å². The topological polar surface area (TPSA) is 20.2 Å². The normalized spacial score (nSPS) is 12.5.